The van der Waals surface area contributed by atoms with Gasteiger partial charge < -0.3 is 5.73 Å². The highest BCUT2D eigenvalue weighted by atomic mass is 32.2. The van der Waals surface area contributed by atoms with Gasteiger partial charge in [-0.15, -0.1) is 0 Å². The Kier molecular flexibility index (Phi) is 4.44. The van der Waals surface area contributed by atoms with E-state index in [0.29, 0.717) is 0 Å². The van der Waals surface area contributed by atoms with Gasteiger partial charge in [0, 0.05) is 12.2 Å². The van der Waals surface area contributed by atoms with E-state index in [-0.39, 0.29) is 16.8 Å². The van der Waals surface area contributed by atoms with Crippen LogP contribution in [0.3, 0.4) is 0 Å². The summed E-state index contributed by atoms with van der Waals surface area (Å²) < 4.78 is 23.0. The van der Waals surface area contributed by atoms with Crippen molar-refractivity contribution < 1.29 is 8.42 Å². The van der Waals surface area contributed by atoms with E-state index >= 15 is 0 Å². The first-order valence-electron chi connectivity index (χ1n) is 5.45. The van der Waals surface area contributed by atoms with Gasteiger partial charge in [0.2, 0.25) is 0 Å². The summed E-state index contributed by atoms with van der Waals surface area (Å²) in [6.07, 6.45) is 3.43. The molecule has 1 aromatic rings. The van der Waals surface area contributed by atoms with Crippen LogP contribution in [0.4, 0.5) is 0 Å². The van der Waals surface area contributed by atoms with Crippen molar-refractivity contribution in [3.63, 3.8) is 0 Å². The molecule has 1 atom stereocenters. The second kappa shape index (κ2) is 5.41. The molecular formula is C11H18N2O2S. The van der Waals surface area contributed by atoms with Gasteiger partial charge >= 0.3 is 0 Å². The van der Waals surface area contributed by atoms with Gasteiger partial charge in [-0.25, -0.2) is 13.4 Å². The predicted octanol–water partition coefficient (Wildman–Crippen LogP) is 1.68. The van der Waals surface area contributed by atoms with Crippen molar-refractivity contribution in [1.82, 2.24) is 4.98 Å². The summed E-state index contributed by atoms with van der Waals surface area (Å²) in [5.41, 5.74) is 6.79. The van der Waals surface area contributed by atoms with Gasteiger partial charge in [-0.3, -0.25) is 0 Å². The number of aromatic nitrogens is 1. The van der Waals surface area contributed by atoms with E-state index in [9.17, 15) is 8.42 Å². The van der Waals surface area contributed by atoms with Crippen LogP contribution in [0.2, 0.25) is 0 Å². The van der Waals surface area contributed by atoms with E-state index < -0.39 is 9.84 Å². The quantitative estimate of drug-likeness (QED) is 0.852. The molecule has 0 aliphatic rings. The summed E-state index contributed by atoms with van der Waals surface area (Å²) in [7, 11) is -3.20. The average Bonchev–Trinajstić information content (AvgIpc) is 2.29. The van der Waals surface area contributed by atoms with Crippen LogP contribution in [0.25, 0.3) is 0 Å². The summed E-state index contributed by atoms with van der Waals surface area (Å²) in [5, 5.41) is 0.127. The largest absolute Gasteiger partial charge is 0.324 e. The second-order valence-corrected chi connectivity index (χ2v) is 5.95. The average molecular weight is 242 g/mol. The van der Waals surface area contributed by atoms with Crippen LogP contribution >= 0.6 is 0 Å². The Bertz CT molecular complexity index is 426. The Morgan fingerprint density at radius 1 is 1.38 bits per heavy atom. The lowest BCUT2D eigenvalue weighted by Crippen LogP contribution is -2.11. The zero-order chi connectivity index (χ0) is 12.2. The van der Waals surface area contributed by atoms with E-state index in [1.807, 2.05) is 0 Å². The van der Waals surface area contributed by atoms with Crippen LogP contribution in [0.1, 0.15) is 38.3 Å². The minimum atomic E-state index is -3.20. The second-order valence-electron chi connectivity index (χ2n) is 3.73. The molecule has 0 aromatic carbocycles. The number of hydrogen-bond acceptors (Lipinski definition) is 4. The van der Waals surface area contributed by atoms with Gasteiger partial charge in [0.25, 0.3) is 0 Å². The number of sulfone groups is 1. The van der Waals surface area contributed by atoms with E-state index in [0.717, 1.165) is 18.4 Å². The van der Waals surface area contributed by atoms with Crippen LogP contribution in [-0.4, -0.2) is 19.2 Å². The van der Waals surface area contributed by atoms with Crippen molar-refractivity contribution in [3.8, 4) is 0 Å². The molecule has 1 heterocycles. The maximum atomic E-state index is 11.5. The van der Waals surface area contributed by atoms with Crippen LogP contribution in [0.15, 0.2) is 23.4 Å². The maximum absolute atomic E-state index is 11.5. The summed E-state index contributed by atoms with van der Waals surface area (Å²) in [6.45, 7) is 3.66. The molecule has 0 saturated carbocycles. The van der Waals surface area contributed by atoms with Crippen molar-refractivity contribution >= 4 is 9.84 Å². The molecule has 16 heavy (non-hydrogen) atoms. The van der Waals surface area contributed by atoms with Crippen LogP contribution < -0.4 is 5.73 Å². The minimum absolute atomic E-state index is 0.0594. The van der Waals surface area contributed by atoms with Crippen molar-refractivity contribution in [2.75, 3.05) is 5.75 Å². The lowest BCUT2D eigenvalue weighted by Gasteiger charge is -2.10. The SMILES string of the molecule is CCCC(N)c1ccc(S(=O)(=O)CC)nc1. The van der Waals surface area contributed by atoms with Gasteiger partial charge in [0.1, 0.15) is 0 Å². The molecule has 0 radical (unpaired) electrons. The molecule has 90 valence electrons. The number of hydrogen-bond donors (Lipinski definition) is 1. The third-order valence-corrected chi connectivity index (χ3v) is 4.12. The summed E-state index contributed by atoms with van der Waals surface area (Å²) in [5.74, 6) is 0.0698. The first kappa shape index (κ1) is 13.1. The van der Waals surface area contributed by atoms with Gasteiger partial charge in [0.05, 0.1) is 5.75 Å². The van der Waals surface area contributed by atoms with E-state index in [4.69, 9.17) is 5.73 Å². The molecule has 0 aliphatic carbocycles. The molecule has 0 spiro atoms. The maximum Gasteiger partial charge on any atom is 0.195 e. The van der Waals surface area contributed by atoms with Gasteiger partial charge in [-0.1, -0.05) is 26.3 Å². The third kappa shape index (κ3) is 3.02. The lowest BCUT2D eigenvalue weighted by atomic mass is 10.1. The Morgan fingerprint density at radius 3 is 2.50 bits per heavy atom. The van der Waals surface area contributed by atoms with E-state index in [1.165, 1.54) is 6.07 Å². The molecule has 2 N–H and O–H groups in total. The fourth-order valence-corrected chi connectivity index (χ4v) is 2.21. The monoisotopic (exact) mass is 242 g/mol. The van der Waals surface area contributed by atoms with E-state index in [2.05, 4.69) is 11.9 Å². The molecule has 0 aliphatic heterocycles. The molecular weight excluding hydrogens is 224 g/mol. The van der Waals surface area contributed by atoms with Crippen molar-refractivity contribution in [2.24, 2.45) is 5.73 Å². The highest BCUT2D eigenvalue weighted by Crippen LogP contribution is 2.16. The molecule has 4 nitrogen and oxygen atoms in total. The number of pyridine rings is 1. The summed E-state index contributed by atoms with van der Waals surface area (Å²) in [6, 6.07) is 3.22. The van der Waals surface area contributed by atoms with Gasteiger partial charge in [-0.05, 0) is 18.1 Å². The number of nitrogens with zero attached hydrogens (tertiary/aromatic N) is 1. The molecule has 0 bridgehead atoms. The van der Waals surface area contributed by atoms with Crippen molar-refractivity contribution in [2.45, 2.75) is 37.8 Å². The Hall–Kier alpha value is -0.940. The molecule has 1 aromatic heterocycles. The summed E-state index contributed by atoms with van der Waals surface area (Å²) in [4.78, 5) is 3.96. The first-order valence-corrected chi connectivity index (χ1v) is 7.10. The number of rotatable bonds is 5. The standard InChI is InChI=1S/C11H18N2O2S/c1-3-5-10(12)9-6-7-11(13-8-9)16(14,15)4-2/h6-8,10H,3-5,12H2,1-2H3. The number of nitrogens with two attached hydrogens (primary N) is 1. The smallest absolute Gasteiger partial charge is 0.195 e. The van der Waals surface area contributed by atoms with Crippen LogP contribution in [0.5, 0.6) is 0 Å². The van der Waals surface area contributed by atoms with Crippen molar-refractivity contribution in [3.05, 3.63) is 23.9 Å². The fraction of sp³-hybridized carbons (Fsp3) is 0.545. The van der Waals surface area contributed by atoms with E-state index in [1.54, 1.807) is 19.2 Å². The van der Waals surface area contributed by atoms with Gasteiger partial charge in [0.15, 0.2) is 14.9 Å². The van der Waals surface area contributed by atoms with Gasteiger partial charge in [-0.2, -0.15) is 0 Å². The highest BCUT2D eigenvalue weighted by Gasteiger charge is 2.13. The Morgan fingerprint density at radius 2 is 2.06 bits per heavy atom. The van der Waals surface area contributed by atoms with Crippen LogP contribution in [-0.2, 0) is 9.84 Å². The Labute approximate surface area is 96.8 Å². The molecule has 1 rings (SSSR count). The molecule has 0 amide bonds. The van der Waals surface area contributed by atoms with Crippen molar-refractivity contribution in [1.29, 1.82) is 0 Å². The topological polar surface area (TPSA) is 73.1 Å². The predicted molar refractivity (Wildman–Crippen MR) is 63.8 cm³/mol. The highest BCUT2D eigenvalue weighted by molar-refractivity contribution is 7.91. The zero-order valence-corrected chi connectivity index (χ0v) is 10.5. The third-order valence-electron chi connectivity index (χ3n) is 2.49. The molecule has 1 unspecified atom stereocenters. The normalized spacial score (nSPS) is 13.7. The summed E-state index contributed by atoms with van der Waals surface area (Å²) >= 11 is 0. The first-order chi connectivity index (χ1) is 7.51. The molecule has 0 fully saturated rings. The molecule has 0 saturated heterocycles. The lowest BCUT2D eigenvalue weighted by molar-refractivity contribution is 0.592. The fourth-order valence-electron chi connectivity index (χ4n) is 1.42. The van der Waals surface area contributed by atoms with Crippen LogP contribution in [0, 0.1) is 0 Å². The zero-order valence-electron chi connectivity index (χ0n) is 9.68. The molecule has 5 heteroatoms. The minimum Gasteiger partial charge on any atom is -0.324 e. The Balaban J connectivity index is 2.91.